The maximum Gasteiger partial charge on any atom is 0.270 e. The van der Waals surface area contributed by atoms with Gasteiger partial charge in [0.1, 0.15) is 23.2 Å². The summed E-state index contributed by atoms with van der Waals surface area (Å²) in [5.41, 5.74) is -0.187. The van der Waals surface area contributed by atoms with Crippen LogP contribution in [0.25, 0.3) is 0 Å². The van der Waals surface area contributed by atoms with Gasteiger partial charge in [0.25, 0.3) is 5.91 Å². The van der Waals surface area contributed by atoms with E-state index in [1.807, 2.05) is 18.7 Å². The standard InChI is InChI=1S/C36H50FN7O5/c1-6-44-29(13-14-39-44)33(46)41-32(30(22-7-8-22)23-9-10-23)34(47)40-28-12-11-24(15-27(28)37)21(2)31(38-19-36(3,20-45)49-5)35(48)43-17-25-16-26(18-43)42(25)4/h11-15,20-23,25-26,30-32,38H,6-10,16-19H2,1-5H3,(H,40,47)(H,41,46)/t21-,25-,26+,31+,32-,36?/m0/s1. The lowest BCUT2D eigenvalue weighted by Gasteiger charge is -2.55. The predicted octanol–water partition coefficient (Wildman–Crippen LogP) is 2.80. The van der Waals surface area contributed by atoms with Crippen molar-refractivity contribution in [3.05, 3.63) is 47.5 Å². The van der Waals surface area contributed by atoms with Crippen molar-refractivity contribution in [3.8, 4) is 0 Å². The first-order valence-corrected chi connectivity index (χ1v) is 17.7. The van der Waals surface area contributed by atoms with Crippen molar-refractivity contribution < 1.29 is 28.3 Å². The van der Waals surface area contributed by atoms with E-state index in [-0.39, 0.29) is 30.0 Å². The summed E-state index contributed by atoms with van der Waals surface area (Å²) >= 11 is 0. The molecule has 1 aromatic heterocycles. The van der Waals surface area contributed by atoms with Crippen LogP contribution in [0.15, 0.2) is 30.5 Å². The second kappa shape index (κ2) is 14.3. The van der Waals surface area contributed by atoms with Gasteiger partial charge < -0.3 is 30.4 Å². The first kappa shape index (κ1) is 35.2. The maximum absolute atomic E-state index is 15.9. The quantitative estimate of drug-likeness (QED) is 0.231. The van der Waals surface area contributed by atoms with Crippen LogP contribution in [0, 0.1) is 23.6 Å². The van der Waals surface area contributed by atoms with E-state index in [9.17, 15) is 19.2 Å². The summed E-state index contributed by atoms with van der Waals surface area (Å²) in [6, 6.07) is 5.29. The third-order valence-corrected chi connectivity index (χ3v) is 11.3. The number of halogens is 1. The second-order valence-corrected chi connectivity index (χ2v) is 14.7. The fourth-order valence-electron chi connectivity index (χ4n) is 7.67. The van der Waals surface area contributed by atoms with Crippen LogP contribution in [0.1, 0.15) is 74.8 Å². The van der Waals surface area contributed by atoms with E-state index in [1.165, 1.54) is 19.2 Å². The number of hydrogen-bond donors (Lipinski definition) is 3. The molecule has 266 valence electrons. The summed E-state index contributed by atoms with van der Waals surface area (Å²) in [6.07, 6.45) is 7.37. The first-order chi connectivity index (χ1) is 23.5. The lowest BCUT2D eigenvalue weighted by atomic mass is 9.86. The summed E-state index contributed by atoms with van der Waals surface area (Å²) in [7, 11) is 3.52. The number of aldehydes is 1. The van der Waals surface area contributed by atoms with Crippen molar-refractivity contribution in [2.45, 2.75) is 95.1 Å². The van der Waals surface area contributed by atoms with E-state index in [4.69, 9.17) is 4.74 Å². The predicted molar refractivity (Wildman–Crippen MR) is 181 cm³/mol. The number of ether oxygens (including phenoxy) is 1. The van der Waals surface area contributed by atoms with Gasteiger partial charge >= 0.3 is 0 Å². The molecule has 0 radical (unpaired) electrons. The SMILES string of the molecule is CCn1nccc1C(=O)N[C@H](C(=O)Nc1ccc([C@H](C)[C@@H](NCC(C)(C=O)OC)C(=O)N2C[C@H]3C[C@@H](C2)N3C)cc1F)C(C1CC1)C1CC1. The Balaban J connectivity index is 1.20. The van der Waals surface area contributed by atoms with Crippen LogP contribution in [0.2, 0.25) is 0 Å². The Labute approximate surface area is 287 Å². The van der Waals surface area contributed by atoms with Gasteiger partial charge in [-0.1, -0.05) is 13.0 Å². The van der Waals surface area contributed by atoms with Gasteiger partial charge in [0.05, 0.1) is 11.7 Å². The highest BCUT2D eigenvalue weighted by molar-refractivity contribution is 6.01. The molecule has 6 atom stereocenters. The molecule has 2 aromatic rings. The smallest absolute Gasteiger partial charge is 0.270 e. The Morgan fingerprint density at radius 3 is 2.33 bits per heavy atom. The molecule has 2 saturated carbocycles. The highest BCUT2D eigenvalue weighted by Gasteiger charge is 2.49. The number of likely N-dealkylation sites (N-methyl/N-ethyl adjacent to an activating group) is 1. The number of amides is 3. The normalized spacial score (nSPS) is 23.6. The van der Waals surface area contributed by atoms with Crippen LogP contribution in [0.4, 0.5) is 10.1 Å². The van der Waals surface area contributed by atoms with Gasteiger partial charge in [-0.15, -0.1) is 0 Å². The summed E-state index contributed by atoms with van der Waals surface area (Å²) in [4.78, 5) is 57.2. The van der Waals surface area contributed by atoms with E-state index < -0.39 is 35.3 Å². The average molecular weight is 680 g/mol. The Kier molecular flexibility index (Phi) is 10.2. The summed E-state index contributed by atoms with van der Waals surface area (Å²) in [6.45, 7) is 7.24. The number of methoxy groups -OCH3 is 1. The van der Waals surface area contributed by atoms with Crippen molar-refractivity contribution in [1.82, 2.24) is 30.2 Å². The fourth-order valence-corrected chi connectivity index (χ4v) is 7.67. The number of aromatic nitrogens is 2. The zero-order valence-electron chi connectivity index (χ0n) is 29.2. The van der Waals surface area contributed by atoms with Gasteiger partial charge in [0.15, 0.2) is 6.29 Å². The van der Waals surface area contributed by atoms with Crippen LogP contribution in [0.3, 0.4) is 0 Å². The van der Waals surface area contributed by atoms with Crippen LogP contribution in [-0.2, 0) is 25.7 Å². The first-order valence-electron chi connectivity index (χ1n) is 17.7. The van der Waals surface area contributed by atoms with Crippen LogP contribution >= 0.6 is 0 Å². The minimum absolute atomic E-state index is 0.00652. The van der Waals surface area contributed by atoms with Crippen molar-refractivity contribution in [3.63, 3.8) is 0 Å². The molecule has 3 N–H and O–H groups in total. The molecule has 2 bridgehead atoms. The maximum atomic E-state index is 15.9. The topological polar surface area (TPSA) is 138 Å². The summed E-state index contributed by atoms with van der Waals surface area (Å²) in [5.74, 6) is -1.37. The van der Waals surface area contributed by atoms with Crippen LogP contribution < -0.4 is 16.0 Å². The summed E-state index contributed by atoms with van der Waals surface area (Å²) in [5, 5.41) is 13.2. The molecule has 5 aliphatic rings. The van der Waals surface area contributed by atoms with Gasteiger partial charge in [0, 0.05) is 57.5 Å². The molecule has 1 unspecified atom stereocenters. The molecule has 5 fully saturated rings. The number of carbonyl (C=O) groups is 4. The van der Waals surface area contributed by atoms with E-state index >= 15 is 4.39 Å². The number of anilines is 1. The number of nitrogens with one attached hydrogen (secondary N) is 3. The number of hydrogen-bond acceptors (Lipinski definition) is 8. The molecule has 0 spiro atoms. The highest BCUT2D eigenvalue weighted by atomic mass is 19.1. The third-order valence-electron chi connectivity index (χ3n) is 11.3. The zero-order chi connectivity index (χ0) is 35.0. The number of rotatable bonds is 16. The Morgan fingerprint density at radius 2 is 1.78 bits per heavy atom. The molecule has 4 heterocycles. The monoisotopic (exact) mass is 679 g/mol. The van der Waals surface area contributed by atoms with Gasteiger partial charge in [-0.05, 0) is 94.5 Å². The number of carbonyl (C=O) groups excluding carboxylic acids is 4. The molecule has 12 nitrogen and oxygen atoms in total. The van der Waals surface area contributed by atoms with E-state index in [2.05, 4.69) is 33.0 Å². The number of benzene rings is 1. The Bertz CT molecular complexity index is 1540. The molecule has 3 aliphatic heterocycles. The lowest BCUT2D eigenvalue weighted by Crippen LogP contribution is -2.69. The number of fused-ring (bicyclic) bond motifs is 2. The molecule has 2 aliphatic carbocycles. The Hall–Kier alpha value is -3.68. The second-order valence-electron chi connectivity index (χ2n) is 14.7. The minimum atomic E-state index is -1.14. The van der Waals surface area contributed by atoms with Gasteiger partial charge in [0.2, 0.25) is 11.8 Å². The van der Waals surface area contributed by atoms with Gasteiger partial charge in [-0.25, -0.2) is 4.39 Å². The van der Waals surface area contributed by atoms with Crippen molar-refractivity contribution in [1.29, 1.82) is 0 Å². The molecule has 3 amide bonds. The zero-order valence-corrected chi connectivity index (χ0v) is 29.2. The largest absolute Gasteiger partial charge is 0.370 e. The number of piperazine rings is 1. The van der Waals surface area contributed by atoms with Gasteiger partial charge in [-0.3, -0.25) is 24.0 Å². The van der Waals surface area contributed by atoms with E-state index in [0.29, 0.717) is 61.1 Å². The molecule has 1 aromatic carbocycles. The molecule has 49 heavy (non-hydrogen) atoms. The Morgan fingerprint density at radius 1 is 1.10 bits per heavy atom. The van der Waals surface area contributed by atoms with Crippen molar-refractivity contribution in [2.75, 3.05) is 39.1 Å². The number of aryl methyl sites for hydroxylation is 1. The number of nitrogens with zero attached hydrogens (tertiary/aromatic N) is 4. The average Bonchev–Trinajstić information content (AvgIpc) is 4.07. The molecular weight excluding hydrogens is 629 g/mol. The summed E-state index contributed by atoms with van der Waals surface area (Å²) < 4.78 is 22.8. The van der Waals surface area contributed by atoms with E-state index in [1.54, 1.807) is 29.9 Å². The molecule has 13 heteroatoms. The van der Waals surface area contributed by atoms with Crippen molar-refractivity contribution in [2.24, 2.45) is 17.8 Å². The van der Waals surface area contributed by atoms with Gasteiger partial charge in [-0.2, -0.15) is 5.10 Å². The van der Waals surface area contributed by atoms with Crippen molar-refractivity contribution >= 4 is 29.7 Å². The highest BCUT2D eigenvalue weighted by Crippen LogP contribution is 2.51. The lowest BCUT2D eigenvalue weighted by molar-refractivity contribution is -0.145. The molecule has 3 saturated heterocycles. The minimum Gasteiger partial charge on any atom is -0.370 e. The molecule has 7 rings (SSSR count). The van der Waals surface area contributed by atoms with E-state index in [0.717, 1.165) is 32.1 Å². The van der Waals surface area contributed by atoms with Crippen LogP contribution in [0.5, 0.6) is 0 Å². The van der Waals surface area contributed by atoms with Crippen LogP contribution in [-0.4, -0.2) is 107 Å². The third kappa shape index (κ3) is 7.44. The number of piperidine rings is 1. The fraction of sp³-hybridized carbons (Fsp3) is 0.639. The molecular formula is C36H50FN7O5.